The lowest BCUT2D eigenvalue weighted by Gasteiger charge is -2.03. The van der Waals surface area contributed by atoms with Crippen molar-refractivity contribution in [3.8, 4) is 11.1 Å². The van der Waals surface area contributed by atoms with Crippen molar-refractivity contribution in [1.82, 2.24) is 0 Å². The van der Waals surface area contributed by atoms with E-state index in [2.05, 4.69) is 80.4 Å². The Bertz CT molecular complexity index is 398. The number of halogens is 2. The van der Waals surface area contributed by atoms with Gasteiger partial charge in [-0.2, -0.15) is 0 Å². The van der Waals surface area contributed by atoms with Gasteiger partial charge in [0.25, 0.3) is 0 Å². The molecular formula is C15H16Br2. The van der Waals surface area contributed by atoms with Gasteiger partial charge in [0.15, 0.2) is 0 Å². The number of benzene rings is 2. The summed E-state index contributed by atoms with van der Waals surface area (Å²) in [5, 5.41) is 1.83. The fraction of sp³-hybridized carbons (Fsp3) is 0.200. The smallest absolute Gasteiger partial charge is 0.0283 e. The van der Waals surface area contributed by atoms with E-state index in [1.807, 2.05) is 0 Å². The first-order chi connectivity index (χ1) is 7.83. The standard InChI is InChI=1S/C14H12Br2.CH4/c15-9-11-1-5-13(6-2-11)14-7-3-12(10-16)4-8-14;/h1-8H,9-10H2;1H4. The molecule has 2 aromatic rings. The van der Waals surface area contributed by atoms with Crippen molar-refractivity contribution in [3.63, 3.8) is 0 Å². The quantitative estimate of drug-likeness (QED) is 0.612. The van der Waals surface area contributed by atoms with Crippen molar-refractivity contribution in [2.75, 3.05) is 0 Å². The summed E-state index contributed by atoms with van der Waals surface area (Å²) in [6.07, 6.45) is 0. The fourth-order valence-electron chi connectivity index (χ4n) is 1.57. The van der Waals surface area contributed by atoms with Gasteiger partial charge in [0.2, 0.25) is 0 Å². The first-order valence-electron chi connectivity index (χ1n) is 5.13. The molecule has 17 heavy (non-hydrogen) atoms. The average Bonchev–Trinajstić information content (AvgIpc) is 2.39. The van der Waals surface area contributed by atoms with Crippen molar-refractivity contribution < 1.29 is 0 Å². The maximum Gasteiger partial charge on any atom is 0.0283 e. The highest BCUT2D eigenvalue weighted by Crippen LogP contribution is 2.21. The van der Waals surface area contributed by atoms with Gasteiger partial charge in [0.05, 0.1) is 0 Å². The third-order valence-electron chi connectivity index (χ3n) is 2.55. The zero-order valence-corrected chi connectivity index (χ0v) is 12.0. The van der Waals surface area contributed by atoms with Crippen LogP contribution >= 0.6 is 31.9 Å². The molecule has 0 nitrogen and oxygen atoms in total. The Balaban J connectivity index is 0.00000144. The summed E-state index contributed by atoms with van der Waals surface area (Å²) in [4.78, 5) is 0. The Morgan fingerprint density at radius 1 is 0.588 bits per heavy atom. The van der Waals surface area contributed by atoms with Crippen molar-refractivity contribution in [3.05, 3.63) is 59.7 Å². The lowest BCUT2D eigenvalue weighted by atomic mass is 10.0. The molecule has 0 radical (unpaired) electrons. The minimum Gasteiger partial charge on any atom is -0.0876 e. The van der Waals surface area contributed by atoms with Crippen LogP contribution in [-0.2, 0) is 10.7 Å². The molecule has 0 saturated carbocycles. The zero-order chi connectivity index (χ0) is 11.4. The van der Waals surface area contributed by atoms with Crippen molar-refractivity contribution in [2.45, 2.75) is 18.1 Å². The molecule has 2 aromatic carbocycles. The van der Waals surface area contributed by atoms with Crippen LogP contribution in [0.25, 0.3) is 11.1 Å². The van der Waals surface area contributed by atoms with Gasteiger partial charge in [-0.05, 0) is 22.3 Å². The number of hydrogen-bond donors (Lipinski definition) is 0. The summed E-state index contributed by atoms with van der Waals surface area (Å²) in [6, 6.07) is 17.3. The van der Waals surface area contributed by atoms with E-state index in [1.54, 1.807) is 0 Å². The van der Waals surface area contributed by atoms with Crippen LogP contribution in [0.3, 0.4) is 0 Å². The second kappa shape index (κ2) is 6.97. The maximum atomic E-state index is 3.45. The molecule has 0 fully saturated rings. The van der Waals surface area contributed by atoms with Crippen LogP contribution in [0.2, 0.25) is 0 Å². The normalized spacial score (nSPS) is 9.76. The molecule has 0 amide bonds. The Hall–Kier alpha value is -0.600. The van der Waals surface area contributed by atoms with Gasteiger partial charge < -0.3 is 0 Å². The topological polar surface area (TPSA) is 0 Å². The van der Waals surface area contributed by atoms with Gasteiger partial charge >= 0.3 is 0 Å². The molecule has 0 heterocycles. The van der Waals surface area contributed by atoms with E-state index in [9.17, 15) is 0 Å². The summed E-state index contributed by atoms with van der Waals surface area (Å²) >= 11 is 6.90. The number of hydrogen-bond acceptors (Lipinski definition) is 0. The van der Waals surface area contributed by atoms with E-state index < -0.39 is 0 Å². The highest BCUT2D eigenvalue weighted by Gasteiger charge is 1.98. The Kier molecular flexibility index (Phi) is 5.93. The third-order valence-corrected chi connectivity index (χ3v) is 3.84. The molecular weight excluding hydrogens is 340 g/mol. The highest BCUT2D eigenvalue weighted by atomic mass is 79.9. The molecule has 0 aliphatic rings. The SMILES string of the molecule is BrCc1ccc(-c2ccc(CBr)cc2)cc1.C. The maximum absolute atomic E-state index is 3.45. The first kappa shape index (κ1) is 14.5. The van der Waals surface area contributed by atoms with E-state index in [0.29, 0.717) is 0 Å². The molecule has 0 saturated heterocycles. The third kappa shape index (κ3) is 3.68. The minimum absolute atomic E-state index is 0. The van der Waals surface area contributed by atoms with Crippen LogP contribution in [-0.4, -0.2) is 0 Å². The fourth-order valence-corrected chi connectivity index (χ4v) is 2.32. The van der Waals surface area contributed by atoms with E-state index in [4.69, 9.17) is 0 Å². The highest BCUT2D eigenvalue weighted by molar-refractivity contribution is 9.08. The Labute approximate surface area is 120 Å². The van der Waals surface area contributed by atoms with Gasteiger partial charge in [-0.1, -0.05) is 87.8 Å². The van der Waals surface area contributed by atoms with E-state index >= 15 is 0 Å². The van der Waals surface area contributed by atoms with Crippen LogP contribution in [0.4, 0.5) is 0 Å². The molecule has 0 aliphatic heterocycles. The van der Waals surface area contributed by atoms with E-state index in [1.165, 1.54) is 22.3 Å². The summed E-state index contributed by atoms with van der Waals surface area (Å²) in [5.74, 6) is 0. The van der Waals surface area contributed by atoms with Crippen molar-refractivity contribution >= 4 is 31.9 Å². The lowest BCUT2D eigenvalue weighted by Crippen LogP contribution is -1.81. The van der Waals surface area contributed by atoms with E-state index in [-0.39, 0.29) is 7.43 Å². The molecule has 2 heteroatoms. The summed E-state index contributed by atoms with van der Waals surface area (Å²) < 4.78 is 0. The second-order valence-corrected chi connectivity index (χ2v) is 4.78. The first-order valence-corrected chi connectivity index (χ1v) is 7.38. The summed E-state index contributed by atoms with van der Waals surface area (Å²) in [7, 11) is 0. The van der Waals surface area contributed by atoms with E-state index in [0.717, 1.165) is 10.7 Å². The van der Waals surface area contributed by atoms with Gasteiger partial charge in [-0.3, -0.25) is 0 Å². The van der Waals surface area contributed by atoms with Gasteiger partial charge in [-0.25, -0.2) is 0 Å². The van der Waals surface area contributed by atoms with Gasteiger partial charge in [0, 0.05) is 10.7 Å². The monoisotopic (exact) mass is 354 g/mol. The minimum atomic E-state index is 0. The van der Waals surface area contributed by atoms with Crippen LogP contribution in [0.1, 0.15) is 18.6 Å². The molecule has 2 rings (SSSR count). The molecule has 0 aromatic heterocycles. The summed E-state index contributed by atoms with van der Waals surface area (Å²) in [6.45, 7) is 0. The van der Waals surface area contributed by atoms with Crippen LogP contribution in [0.5, 0.6) is 0 Å². The average molecular weight is 356 g/mol. The lowest BCUT2D eigenvalue weighted by molar-refractivity contribution is 1.42. The molecule has 0 N–H and O–H groups in total. The number of rotatable bonds is 3. The predicted octanol–water partition coefficient (Wildman–Crippen LogP) is 5.78. The van der Waals surface area contributed by atoms with Crippen LogP contribution in [0.15, 0.2) is 48.5 Å². The predicted molar refractivity (Wildman–Crippen MR) is 83.9 cm³/mol. The zero-order valence-electron chi connectivity index (χ0n) is 8.79. The molecule has 90 valence electrons. The molecule has 0 aliphatic carbocycles. The van der Waals surface area contributed by atoms with Crippen LogP contribution in [0, 0.1) is 0 Å². The van der Waals surface area contributed by atoms with Crippen molar-refractivity contribution in [1.29, 1.82) is 0 Å². The molecule has 0 atom stereocenters. The largest absolute Gasteiger partial charge is 0.0876 e. The van der Waals surface area contributed by atoms with Gasteiger partial charge in [-0.15, -0.1) is 0 Å². The molecule has 0 unspecified atom stereocenters. The van der Waals surface area contributed by atoms with Crippen molar-refractivity contribution in [2.24, 2.45) is 0 Å². The Morgan fingerprint density at radius 3 is 1.12 bits per heavy atom. The molecule has 0 bridgehead atoms. The second-order valence-electron chi connectivity index (χ2n) is 3.66. The van der Waals surface area contributed by atoms with Gasteiger partial charge in [0.1, 0.15) is 0 Å². The Morgan fingerprint density at radius 2 is 0.882 bits per heavy atom. The number of alkyl halides is 2. The summed E-state index contributed by atoms with van der Waals surface area (Å²) in [5.41, 5.74) is 5.15. The molecule has 0 spiro atoms. The van der Waals surface area contributed by atoms with Crippen LogP contribution < -0.4 is 0 Å².